The summed E-state index contributed by atoms with van der Waals surface area (Å²) >= 11 is 0. The van der Waals surface area contributed by atoms with Gasteiger partial charge in [0, 0.05) is 16.5 Å². The molecular weight excluding hydrogens is 316 g/mol. The van der Waals surface area contributed by atoms with E-state index in [4.69, 9.17) is 0 Å². The number of hydrogen-bond donors (Lipinski definition) is 0. The van der Waals surface area contributed by atoms with Crippen molar-refractivity contribution in [3.63, 3.8) is 0 Å². The molecule has 4 aromatic carbocycles. The van der Waals surface area contributed by atoms with Crippen LogP contribution in [0.2, 0.25) is 0 Å². The lowest BCUT2D eigenvalue weighted by Gasteiger charge is -2.23. The Hall–Kier alpha value is -3.19. The van der Waals surface area contributed by atoms with Crippen molar-refractivity contribution in [3.8, 4) is 22.3 Å². The minimum absolute atomic E-state index is 0.153. The summed E-state index contributed by atoms with van der Waals surface area (Å²) < 4.78 is 0. The van der Waals surface area contributed by atoms with E-state index in [0.717, 1.165) is 39.4 Å². The zero-order valence-electron chi connectivity index (χ0n) is 14.6. The van der Waals surface area contributed by atoms with Gasteiger partial charge in [-0.25, -0.2) is 0 Å². The first-order valence-electron chi connectivity index (χ1n) is 9.07. The number of benzene rings is 4. The molecule has 5 rings (SSSR count). The Balaban J connectivity index is 1.95. The van der Waals surface area contributed by atoms with Crippen LogP contribution in [0, 0.1) is 0 Å². The number of fused-ring (bicyclic) bond motifs is 2. The minimum atomic E-state index is 0.153. The molecule has 0 heterocycles. The van der Waals surface area contributed by atoms with E-state index in [-0.39, 0.29) is 5.78 Å². The highest BCUT2D eigenvalue weighted by Gasteiger charge is 2.27. The molecule has 26 heavy (non-hydrogen) atoms. The van der Waals surface area contributed by atoms with Crippen molar-refractivity contribution in [3.05, 3.63) is 95.6 Å². The molecule has 1 aliphatic carbocycles. The smallest absolute Gasteiger partial charge is 0.194 e. The minimum Gasteiger partial charge on any atom is -0.289 e. The predicted octanol–water partition coefficient (Wildman–Crippen LogP) is 6.28. The van der Waals surface area contributed by atoms with Crippen LogP contribution in [0.5, 0.6) is 0 Å². The summed E-state index contributed by atoms with van der Waals surface area (Å²) in [6.45, 7) is 2.12. The maximum Gasteiger partial charge on any atom is 0.194 e. The third kappa shape index (κ3) is 2.01. The number of carbonyl (C=O) groups is 1. The first-order valence-corrected chi connectivity index (χ1v) is 9.07. The van der Waals surface area contributed by atoms with Gasteiger partial charge in [-0.3, -0.25) is 4.79 Å². The van der Waals surface area contributed by atoms with Gasteiger partial charge in [0.1, 0.15) is 0 Å². The Bertz CT molecular complexity index is 1170. The summed E-state index contributed by atoms with van der Waals surface area (Å²) in [6.07, 6.45) is 0.855. The van der Waals surface area contributed by atoms with Crippen LogP contribution in [-0.4, -0.2) is 5.78 Å². The highest BCUT2D eigenvalue weighted by molar-refractivity contribution is 6.27. The Morgan fingerprint density at radius 1 is 0.654 bits per heavy atom. The molecule has 0 atom stereocenters. The van der Waals surface area contributed by atoms with E-state index in [1.54, 1.807) is 0 Å². The molecule has 0 fully saturated rings. The van der Waals surface area contributed by atoms with E-state index < -0.39 is 0 Å². The van der Waals surface area contributed by atoms with E-state index in [2.05, 4.69) is 61.5 Å². The molecule has 0 saturated heterocycles. The van der Waals surface area contributed by atoms with E-state index >= 15 is 0 Å². The van der Waals surface area contributed by atoms with Gasteiger partial charge in [-0.15, -0.1) is 0 Å². The molecule has 0 amide bonds. The van der Waals surface area contributed by atoms with Crippen molar-refractivity contribution in [1.82, 2.24) is 0 Å². The Kier molecular flexibility index (Phi) is 3.29. The Morgan fingerprint density at radius 2 is 1.35 bits per heavy atom. The summed E-state index contributed by atoms with van der Waals surface area (Å²) in [7, 11) is 0. The van der Waals surface area contributed by atoms with Gasteiger partial charge in [-0.1, -0.05) is 85.8 Å². The number of hydrogen-bond acceptors (Lipinski definition) is 1. The molecule has 1 aliphatic rings. The van der Waals surface area contributed by atoms with Crippen molar-refractivity contribution in [2.75, 3.05) is 0 Å². The molecule has 0 N–H and O–H groups in total. The number of ketones is 1. The van der Waals surface area contributed by atoms with Crippen LogP contribution in [0.15, 0.2) is 78.9 Å². The van der Waals surface area contributed by atoms with Crippen LogP contribution in [0.25, 0.3) is 33.0 Å². The van der Waals surface area contributed by atoms with E-state index in [0.29, 0.717) is 0 Å². The van der Waals surface area contributed by atoms with Crippen molar-refractivity contribution >= 4 is 16.6 Å². The van der Waals surface area contributed by atoms with E-state index in [9.17, 15) is 4.79 Å². The summed E-state index contributed by atoms with van der Waals surface area (Å²) in [5.41, 5.74) is 7.40. The second-order valence-corrected chi connectivity index (χ2v) is 6.78. The van der Waals surface area contributed by atoms with Gasteiger partial charge < -0.3 is 0 Å². The topological polar surface area (TPSA) is 17.1 Å². The third-order valence-electron chi connectivity index (χ3n) is 5.42. The second kappa shape index (κ2) is 5.67. The first-order chi connectivity index (χ1) is 12.8. The van der Waals surface area contributed by atoms with Crippen LogP contribution >= 0.6 is 0 Å². The molecule has 0 aliphatic heterocycles. The second-order valence-electron chi connectivity index (χ2n) is 6.78. The van der Waals surface area contributed by atoms with Crippen LogP contribution in [-0.2, 0) is 6.42 Å². The SMILES string of the molecule is CCc1ccc2c(-c3ccccc3)ccc3c2c1C(=O)c1ccccc1-3. The maximum atomic E-state index is 13.3. The van der Waals surface area contributed by atoms with Crippen molar-refractivity contribution in [1.29, 1.82) is 0 Å². The predicted molar refractivity (Wildman–Crippen MR) is 108 cm³/mol. The summed E-state index contributed by atoms with van der Waals surface area (Å²) in [5, 5.41) is 2.26. The standard InChI is InChI=1S/C25H18O/c1-2-16-12-13-20-18(17-8-4-3-5-9-17)14-15-21-19-10-6-7-11-22(19)25(26)23(16)24(20)21/h3-15H,2H2,1H3. The van der Waals surface area contributed by atoms with Gasteiger partial charge in [0.15, 0.2) is 5.78 Å². The summed E-state index contributed by atoms with van der Waals surface area (Å²) in [5.74, 6) is 0.153. The quantitative estimate of drug-likeness (QED) is 0.371. The molecule has 1 nitrogen and oxygen atoms in total. The molecule has 0 aromatic heterocycles. The maximum absolute atomic E-state index is 13.3. The van der Waals surface area contributed by atoms with Gasteiger partial charge in [0.2, 0.25) is 0 Å². The van der Waals surface area contributed by atoms with Crippen molar-refractivity contribution in [2.45, 2.75) is 13.3 Å². The zero-order valence-corrected chi connectivity index (χ0v) is 14.6. The van der Waals surface area contributed by atoms with Crippen LogP contribution in [0.1, 0.15) is 28.4 Å². The summed E-state index contributed by atoms with van der Waals surface area (Å²) in [4.78, 5) is 13.3. The Labute approximate surface area is 152 Å². The van der Waals surface area contributed by atoms with Crippen LogP contribution < -0.4 is 0 Å². The van der Waals surface area contributed by atoms with Crippen LogP contribution in [0.3, 0.4) is 0 Å². The molecule has 1 heteroatoms. The van der Waals surface area contributed by atoms with Crippen molar-refractivity contribution in [2.24, 2.45) is 0 Å². The zero-order chi connectivity index (χ0) is 17.7. The van der Waals surface area contributed by atoms with Crippen LogP contribution in [0.4, 0.5) is 0 Å². The molecule has 124 valence electrons. The van der Waals surface area contributed by atoms with Gasteiger partial charge in [0.25, 0.3) is 0 Å². The molecule has 0 unspecified atom stereocenters. The Morgan fingerprint density at radius 3 is 2.12 bits per heavy atom. The fourth-order valence-electron chi connectivity index (χ4n) is 4.19. The van der Waals surface area contributed by atoms with Gasteiger partial charge in [-0.05, 0) is 39.6 Å². The van der Waals surface area contributed by atoms with Gasteiger partial charge in [0.05, 0.1) is 0 Å². The molecular formula is C25H18O. The lowest BCUT2D eigenvalue weighted by Crippen LogP contribution is -2.12. The normalized spacial score (nSPS) is 12.3. The largest absolute Gasteiger partial charge is 0.289 e. The third-order valence-corrected chi connectivity index (χ3v) is 5.42. The van der Waals surface area contributed by atoms with Crippen molar-refractivity contribution < 1.29 is 4.79 Å². The molecule has 4 aromatic rings. The highest BCUT2D eigenvalue weighted by atomic mass is 16.1. The average molecular weight is 334 g/mol. The number of carbonyl (C=O) groups excluding carboxylic acids is 1. The van der Waals surface area contributed by atoms with Gasteiger partial charge in [-0.2, -0.15) is 0 Å². The fourth-order valence-corrected chi connectivity index (χ4v) is 4.19. The first kappa shape index (κ1) is 15.1. The summed E-state index contributed by atoms with van der Waals surface area (Å²) in [6, 6.07) is 27.1. The molecule has 0 radical (unpaired) electrons. The number of rotatable bonds is 2. The average Bonchev–Trinajstić information content (AvgIpc) is 2.71. The van der Waals surface area contributed by atoms with Gasteiger partial charge >= 0.3 is 0 Å². The van der Waals surface area contributed by atoms with E-state index in [1.807, 2.05) is 24.3 Å². The molecule has 0 bridgehead atoms. The molecule has 0 saturated carbocycles. The number of aryl methyl sites for hydroxylation is 1. The lowest BCUT2D eigenvalue weighted by atomic mass is 9.79. The molecule has 0 spiro atoms. The lowest BCUT2D eigenvalue weighted by molar-refractivity contribution is 0.103. The fraction of sp³-hybridized carbons (Fsp3) is 0.0800. The van der Waals surface area contributed by atoms with E-state index in [1.165, 1.54) is 16.7 Å². The monoisotopic (exact) mass is 334 g/mol. The highest BCUT2D eigenvalue weighted by Crippen LogP contribution is 2.43.